The number of halogens is 1. The highest BCUT2D eigenvalue weighted by molar-refractivity contribution is 14.0. The van der Waals surface area contributed by atoms with Gasteiger partial charge in [-0.2, -0.15) is 0 Å². The third-order valence-electron chi connectivity index (χ3n) is 5.46. The molecule has 1 amide bonds. The van der Waals surface area contributed by atoms with Crippen LogP contribution in [0, 0.1) is 0 Å². The van der Waals surface area contributed by atoms with Gasteiger partial charge in [-0.1, -0.05) is 12.1 Å². The highest BCUT2D eigenvalue weighted by Crippen LogP contribution is 2.20. The summed E-state index contributed by atoms with van der Waals surface area (Å²) in [7, 11) is 3.85. The maximum atomic E-state index is 11.7. The van der Waals surface area contributed by atoms with Crippen LogP contribution in [-0.4, -0.2) is 56.5 Å². The summed E-state index contributed by atoms with van der Waals surface area (Å²) in [6.07, 6.45) is 7.62. The summed E-state index contributed by atoms with van der Waals surface area (Å²) in [4.78, 5) is 20.7. The van der Waals surface area contributed by atoms with E-state index in [9.17, 15) is 4.79 Å². The Bertz CT molecular complexity index is 654. The van der Waals surface area contributed by atoms with Crippen molar-refractivity contribution in [2.24, 2.45) is 4.99 Å². The molecule has 0 spiro atoms. The summed E-state index contributed by atoms with van der Waals surface area (Å²) in [5.74, 6) is 1.03. The summed E-state index contributed by atoms with van der Waals surface area (Å²) in [5.41, 5.74) is 2.60. The maximum absolute atomic E-state index is 11.7. The summed E-state index contributed by atoms with van der Waals surface area (Å²) in [6.45, 7) is 3.91. The predicted octanol–water partition coefficient (Wildman–Crippen LogP) is 3.36. The van der Waals surface area contributed by atoms with Gasteiger partial charge in [0.25, 0.3) is 0 Å². The second kappa shape index (κ2) is 12.2. The SMILES string of the molecule is CN=C(NCCCC(=O)NC1CC1)N(C)Cc1ccc(N2CCCCC2)cc1.I. The first kappa shape index (κ1) is 23.8. The van der Waals surface area contributed by atoms with E-state index in [-0.39, 0.29) is 29.9 Å². The van der Waals surface area contributed by atoms with Crippen molar-refractivity contribution < 1.29 is 4.79 Å². The molecule has 0 radical (unpaired) electrons. The number of rotatable bonds is 8. The van der Waals surface area contributed by atoms with E-state index >= 15 is 0 Å². The van der Waals surface area contributed by atoms with Gasteiger partial charge in [0.2, 0.25) is 5.91 Å². The molecule has 0 unspecified atom stereocenters. The van der Waals surface area contributed by atoms with Crippen molar-refractivity contribution in [2.75, 3.05) is 38.6 Å². The molecule has 1 aliphatic heterocycles. The minimum atomic E-state index is 0. The average Bonchev–Trinajstić information content (AvgIpc) is 3.53. The average molecular weight is 513 g/mol. The van der Waals surface area contributed by atoms with Crippen LogP contribution >= 0.6 is 24.0 Å². The third kappa shape index (κ3) is 8.03. The molecule has 2 fully saturated rings. The lowest BCUT2D eigenvalue weighted by Crippen LogP contribution is -2.39. The molecule has 1 aromatic carbocycles. The highest BCUT2D eigenvalue weighted by Gasteiger charge is 2.22. The van der Waals surface area contributed by atoms with Gasteiger partial charge >= 0.3 is 0 Å². The van der Waals surface area contributed by atoms with Gasteiger partial charge < -0.3 is 20.4 Å². The Morgan fingerprint density at radius 3 is 2.48 bits per heavy atom. The van der Waals surface area contributed by atoms with E-state index in [0.717, 1.165) is 38.3 Å². The number of hydrogen-bond donors (Lipinski definition) is 2. The molecule has 1 aliphatic carbocycles. The van der Waals surface area contributed by atoms with Gasteiger partial charge in [-0.15, -0.1) is 24.0 Å². The number of anilines is 1. The van der Waals surface area contributed by atoms with Crippen molar-refractivity contribution in [3.63, 3.8) is 0 Å². The monoisotopic (exact) mass is 513 g/mol. The number of piperidine rings is 1. The highest BCUT2D eigenvalue weighted by atomic mass is 127. The molecule has 7 heteroatoms. The van der Waals surface area contributed by atoms with E-state index in [1.54, 1.807) is 7.05 Å². The van der Waals surface area contributed by atoms with Gasteiger partial charge in [0.15, 0.2) is 5.96 Å². The lowest BCUT2D eigenvalue weighted by Gasteiger charge is -2.29. The Morgan fingerprint density at radius 2 is 1.86 bits per heavy atom. The fourth-order valence-electron chi connectivity index (χ4n) is 3.67. The predicted molar refractivity (Wildman–Crippen MR) is 131 cm³/mol. The first-order valence-electron chi connectivity index (χ1n) is 10.7. The number of carbonyl (C=O) groups excluding carboxylic acids is 1. The fourth-order valence-corrected chi connectivity index (χ4v) is 3.67. The van der Waals surface area contributed by atoms with Crippen LogP contribution in [0.4, 0.5) is 5.69 Å². The Morgan fingerprint density at radius 1 is 1.17 bits per heavy atom. The zero-order valence-electron chi connectivity index (χ0n) is 17.8. The number of hydrogen-bond acceptors (Lipinski definition) is 3. The lowest BCUT2D eigenvalue weighted by molar-refractivity contribution is -0.121. The van der Waals surface area contributed by atoms with Gasteiger partial charge in [-0.05, 0) is 56.2 Å². The van der Waals surface area contributed by atoms with E-state index in [4.69, 9.17) is 0 Å². The quantitative estimate of drug-likeness (QED) is 0.242. The van der Waals surface area contributed by atoms with Crippen molar-refractivity contribution in [3.8, 4) is 0 Å². The smallest absolute Gasteiger partial charge is 0.220 e. The third-order valence-corrected chi connectivity index (χ3v) is 5.46. The summed E-state index contributed by atoms with van der Waals surface area (Å²) in [6, 6.07) is 9.36. The van der Waals surface area contributed by atoms with Crippen LogP contribution in [0.5, 0.6) is 0 Å². The molecule has 2 aliphatic rings. The zero-order chi connectivity index (χ0) is 19.8. The van der Waals surface area contributed by atoms with Crippen LogP contribution < -0.4 is 15.5 Å². The van der Waals surface area contributed by atoms with Crippen LogP contribution in [0.3, 0.4) is 0 Å². The molecule has 3 rings (SSSR count). The molecule has 2 N–H and O–H groups in total. The number of amides is 1. The molecule has 162 valence electrons. The van der Waals surface area contributed by atoms with E-state index in [2.05, 4.69) is 49.7 Å². The Hall–Kier alpha value is -1.51. The lowest BCUT2D eigenvalue weighted by atomic mass is 10.1. The molecule has 1 saturated heterocycles. The normalized spacial score (nSPS) is 16.8. The molecular formula is C22H36IN5O. The Labute approximate surface area is 192 Å². The number of benzene rings is 1. The zero-order valence-corrected chi connectivity index (χ0v) is 20.2. The van der Waals surface area contributed by atoms with Gasteiger partial charge in [0, 0.05) is 58.4 Å². The van der Waals surface area contributed by atoms with Crippen molar-refractivity contribution in [2.45, 2.75) is 57.5 Å². The first-order chi connectivity index (χ1) is 13.7. The van der Waals surface area contributed by atoms with E-state index in [0.29, 0.717) is 12.5 Å². The topological polar surface area (TPSA) is 60.0 Å². The number of nitrogens with zero attached hydrogens (tertiary/aromatic N) is 3. The second-order valence-electron chi connectivity index (χ2n) is 7.99. The summed E-state index contributed by atoms with van der Waals surface area (Å²) in [5, 5.41) is 6.39. The second-order valence-corrected chi connectivity index (χ2v) is 7.99. The molecule has 6 nitrogen and oxygen atoms in total. The Balaban J connectivity index is 0.00000300. The van der Waals surface area contributed by atoms with Crippen LogP contribution in [0.2, 0.25) is 0 Å². The minimum Gasteiger partial charge on any atom is -0.372 e. The molecule has 1 aromatic rings. The summed E-state index contributed by atoms with van der Waals surface area (Å²) < 4.78 is 0. The van der Waals surface area contributed by atoms with Crippen LogP contribution in [0.15, 0.2) is 29.3 Å². The van der Waals surface area contributed by atoms with Gasteiger partial charge in [-0.25, -0.2) is 0 Å². The van der Waals surface area contributed by atoms with E-state index in [1.807, 2.05) is 7.05 Å². The molecule has 1 heterocycles. The summed E-state index contributed by atoms with van der Waals surface area (Å²) >= 11 is 0. The van der Waals surface area contributed by atoms with Crippen LogP contribution in [0.25, 0.3) is 0 Å². The molecule has 0 aromatic heterocycles. The number of guanidine groups is 1. The van der Waals surface area contributed by atoms with Crippen LogP contribution in [0.1, 0.15) is 50.5 Å². The maximum Gasteiger partial charge on any atom is 0.220 e. The van der Waals surface area contributed by atoms with Crippen LogP contribution in [-0.2, 0) is 11.3 Å². The largest absolute Gasteiger partial charge is 0.372 e. The molecule has 1 saturated carbocycles. The molecular weight excluding hydrogens is 477 g/mol. The van der Waals surface area contributed by atoms with Crippen molar-refractivity contribution >= 4 is 41.5 Å². The standard InChI is InChI=1S/C22H35N5O.HI/c1-23-22(24-14-6-7-21(28)25-19-10-11-19)26(2)17-18-8-12-20(13-9-18)27-15-4-3-5-16-27;/h8-9,12-13,19H,3-7,10-11,14-17H2,1-2H3,(H,23,24)(H,25,28);1H. The number of carbonyl (C=O) groups is 1. The Kier molecular flexibility index (Phi) is 10.0. The first-order valence-corrected chi connectivity index (χ1v) is 10.7. The molecule has 0 atom stereocenters. The van der Waals surface area contributed by atoms with E-state index < -0.39 is 0 Å². The fraction of sp³-hybridized carbons (Fsp3) is 0.636. The van der Waals surface area contributed by atoms with Gasteiger partial charge in [-0.3, -0.25) is 9.79 Å². The van der Waals surface area contributed by atoms with Crippen molar-refractivity contribution in [1.82, 2.24) is 15.5 Å². The molecule has 29 heavy (non-hydrogen) atoms. The van der Waals surface area contributed by atoms with Crippen molar-refractivity contribution in [3.05, 3.63) is 29.8 Å². The minimum absolute atomic E-state index is 0. The van der Waals surface area contributed by atoms with Gasteiger partial charge in [0.05, 0.1) is 0 Å². The van der Waals surface area contributed by atoms with Gasteiger partial charge in [0.1, 0.15) is 0 Å². The molecule has 0 bridgehead atoms. The van der Waals surface area contributed by atoms with E-state index in [1.165, 1.54) is 43.6 Å². The number of nitrogens with one attached hydrogen (secondary N) is 2. The number of aliphatic imine (C=N–C) groups is 1. The van der Waals surface area contributed by atoms with Crippen molar-refractivity contribution in [1.29, 1.82) is 0 Å².